The van der Waals surface area contributed by atoms with E-state index in [2.05, 4.69) is 0 Å². The second kappa shape index (κ2) is 5.09. The number of carbonyl (C=O) groups is 1. The normalized spacial score (nSPS) is 11.2. The quantitative estimate of drug-likeness (QED) is 0.506. The minimum Gasteiger partial charge on any atom is -0.295 e. The summed E-state index contributed by atoms with van der Waals surface area (Å²) < 4.78 is 0. The van der Waals surface area contributed by atoms with Gasteiger partial charge in [0.25, 0.3) is 0 Å². The van der Waals surface area contributed by atoms with Gasteiger partial charge in [0.05, 0.1) is 0 Å². The molecule has 0 radical (unpaired) electrons. The fourth-order valence-corrected chi connectivity index (χ4v) is 0.922. The Kier molecular flexibility index (Phi) is 3.71. The number of allylic oxidation sites excluding steroid dienone is 3. The molecule has 0 bridgehead atoms. The number of benzene rings is 1. The zero-order chi connectivity index (χ0) is 9.52. The minimum atomic E-state index is 0.0673. The fraction of sp³-hybridized carbons (Fsp3) is 0.0833. The van der Waals surface area contributed by atoms with Crippen molar-refractivity contribution in [2.24, 2.45) is 0 Å². The lowest BCUT2D eigenvalue weighted by molar-refractivity contribution is -0.112. The third-order valence-corrected chi connectivity index (χ3v) is 1.53. The fourth-order valence-electron chi connectivity index (χ4n) is 0.922. The van der Waals surface area contributed by atoms with Gasteiger partial charge in [-0.25, -0.2) is 0 Å². The molecule has 0 aliphatic rings. The van der Waals surface area contributed by atoms with Crippen LogP contribution in [0.5, 0.6) is 0 Å². The number of hydrogen-bond acceptors (Lipinski definition) is 1. The van der Waals surface area contributed by atoms with Gasteiger partial charge in [0.1, 0.15) is 0 Å². The highest BCUT2D eigenvalue weighted by molar-refractivity contribution is 5.87. The van der Waals surface area contributed by atoms with Crippen molar-refractivity contribution in [2.75, 3.05) is 0 Å². The average molecular weight is 172 g/mol. The minimum absolute atomic E-state index is 0.0673. The largest absolute Gasteiger partial charge is 0.295 e. The van der Waals surface area contributed by atoms with E-state index < -0.39 is 0 Å². The van der Waals surface area contributed by atoms with E-state index in [1.165, 1.54) is 6.92 Å². The second-order valence-corrected chi connectivity index (χ2v) is 2.74. The van der Waals surface area contributed by atoms with Crippen molar-refractivity contribution in [1.82, 2.24) is 0 Å². The smallest absolute Gasteiger partial charge is 0.152 e. The lowest BCUT2D eigenvalue weighted by atomic mass is 10.2. The Hall–Kier alpha value is -1.63. The number of carbonyl (C=O) groups excluding carboxylic acids is 1. The van der Waals surface area contributed by atoms with Crippen LogP contribution in [0.4, 0.5) is 0 Å². The maximum Gasteiger partial charge on any atom is 0.152 e. The van der Waals surface area contributed by atoms with Crippen LogP contribution in [0.3, 0.4) is 0 Å². The first-order valence-electron chi connectivity index (χ1n) is 4.19. The van der Waals surface area contributed by atoms with Crippen LogP contribution in [0.25, 0.3) is 6.08 Å². The van der Waals surface area contributed by atoms with Crippen LogP contribution in [0, 0.1) is 0 Å². The van der Waals surface area contributed by atoms with Crippen LogP contribution in [0.2, 0.25) is 0 Å². The van der Waals surface area contributed by atoms with E-state index in [-0.39, 0.29) is 5.78 Å². The monoisotopic (exact) mass is 172 g/mol. The highest BCUT2D eigenvalue weighted by atomic mass is 16.1. The van der Waals surface area contributed by atoms with Crippen LogP contribution in [-0.2, 0) is 4.79 Å². The maximum atomic E-state index is 10.5. The molecule has 1 nitrogen and oxygen atoms in total. The van der Waals surface area contributed by atoms with Crippen molar-refractivity contribution in [2.45, 2.75) is 6.92 Å². The molecule has 0 atom stereocenters. The molecule has 0 aliphatic carbocycles. The molecule has 1 heteroatoms. The molecule has 0 unspecified atom stereocenters. The van der Waals surface area contributed by atoms with Gasteiger partial charge < -0.3 is 0 Å². The molecule has 66 valence electrons. The molecule has 0 heterocycles. The number of ketones is 1. The van der Waals surface area contributed by atoms with Gasteiger partial charge >= 0.3 is 0 Å². The van der Waals surface area contributed by atoms with Crippen LogP contribution in [0.1, 0.15) is 12.5 Å². The maximum absolute atomic E-state index is 10.5. The third-order valence-electron chi connectivity index (χ3n) is 1.53. The van der Waals surface area contributed by atoms with E-state index in [4.69, 9.17) is 0 Å². The first-order chi connectivity index (χ1) is 6.29. The van der Waals surface area contributed by atoms with E-state index >= 15 is 0 Å². The van der Waals surface area contributed by atoms with Gasteiger partial charge in [0.2, 0.25) is 0 Å². The van der Waals surface area contributed by atoms with E-state index in [1.54, 1.807) is 12.2 Å². The molecule has 0 saturated heterocycles. The van der Waals surface area contributed by atoms with E-state index in [0.717, 1.165) is 5.56 Å². The predicted molar refractivity (Wildman–Crippen MR) is 55.3 cm³/mol. The van der Waals surface area contributed by atoms with Gasteiger partial charge in [-0.3, -0.25) is 4.79 Å². The molecule has 0 spiro atoms. The van der Waals surface area contributed by atoms with Crippen LogP contribution in [0.15, 0.2) is 48.6 Å². The first-order valence-corrected chi connectivity index (χ1v) is 4.19. The van der Waals surface area contributed by atoms with E-state index in [1.807, 2.05) is 42.5 Å². The molecule has 1 aromatic rings. The third kappa shape index (κ3) is 4.06. The Labute approximate surface area is 78.4 Å². The van der Waals surface area contributed by atoms with Gasteiger partial charge in [0, 0.05) is 0 Å². The Bertz CT molecular complexity index is 320. The van der Waals surface area contributed by atoms with Crippen molar-refractivity contribution in [1.29, 1.82) is 0 Å². The predicted octanol–water partition coefficient (Wildman–Crippen LogP) is 2.85. The molecular formula is C12H12O. The zero-order valence-corrected chi connectivity index (χ0v) is 7.60. The second-order valence-electron chi connectivity index (χ2n) is 2.74. The number of hydrogen-bond donors (Lipinski definition) is 0. The Morgan fingerprint density at radius 1 is 1.15 bits per heavy atom. The number of rotatable bonds is 3. The Morgan fingerprint density at radius 3 is 2.46 bits per heavy atom. The molecule has 1 rings (SSSR count). The standard InChI is InChI=1S/C12H12O/c1-11(13)7-5-6-10-12-8-3-2-4-9-12/h2-10H,1H3/b7-5-,10-6+. The average Bonchev–Trinajstić information content (AvgIpc) is 2.14. The summed E-state index contributed by atoms with van der Waals surface area (Å²) in [6, 6.07) is 9.96. The SMILES string of the molecule is CC(=O)/C=C\C=C\c1ccccc1. The van der Waals surface area contributed by atoms with Gasteiger partial charge in [-0.15, -0.1) is 0 Å². The molecular weight excluding hydrogens is 160 g/mol. The highest BCUT2D eigenvalue weighted by Crippen LogP contribution is 2.00. The van der Waals surface area contributed by atoms with E-state index in [9.17, 15) is 4.79 Å². The van der Waals surface area contributed by atoms with Crippen molar-refractivity contribution in [3.05, 3.63) is 54.1 Å². The summed E-state index contributed by atoms with van der Waals surface area (Å²) in [7, 11) is 0. The summed E-state index contributed by atoms with van der Waals surface area (Å²) in [6.07, 6.45) is 7.10. The molecule has 0 N–H and O–H groups in total. The van der Waals surface area contributed by atoms with Crippen molar-refractivity contribution < 1.29 is 4.79 Å². The molecule has 13 heavy (non-hydrogen) atoms. The van der Waals surface area contributed by atoms with Crippen molar-refractivity contribution in [3.63, 3.8) is 0 Å². The molecule has 1 aromatic carbocycles. The summed E-state index contributed by atoms with van der Waals surface area (Å²) >= 11 is 0. The Morgan fingerprint density at radius 2 is 1.85 bits per heavy atom. The van der Waals surface area contributed by atoms with E-state index in [0.29, 0.717) is 0 Å². The molecule has 0 aliphatic heterocycles. The molecule has 0 fully saturated rings. The zero-order valence-electron chi connectivity index (χ0n) is 7.60. The summed E-state index contributed by atoms with van der Waals surface area (Å²) in [5, 5.41) is 0. The molecule has 0 saturated carbocycles. The lowest BCUT2D eigenvalue weighted by Crippen LogP contribution is -1.77. The highest BCUT2D eigenvalue weighted by Gasteiger charge is 1.80. The van der Waals surface area contributed by atoms with Gasteiger partial charge in [-0.1, -0.05) is 48.6 Å². The van der Waals surface area contributed by atoms with Gasteiger partial charge in [-0.2, -0.15) is 0 Å². The van der Waals surface area contributed by atoms with Gasteiger partial charge in [0.15, 0.2) is 5.78 Å². The van der Waals surface area contributed by atoms with Crippen LogP contribution >= 0.6 is 0 Å². The summed E-state index contributed by atoms with van der Waals surface area (Å²) in [6.45, 7) is 1.53. The Balaban J connectivity index is 2.55. The summed E-state index contributed by atoms with van der Waals surface area (Å²) in [4.78, 5) is 10.5. The molecule has 0 amide bonds. The first kappa shape index (κ1) is 9.46. The topological polar surface area (TPSA) is 17.1 Å². The van der Waals surface area contributed by atoms with Crippen molar-refractivity contribution in [3.8, 4) is 0 Å². The lowest BCUT2D eigenvalue weighted by Gasteiger charge is -1.87. The van der Waals surface area contributed by atoms with Crippen molar-refractivity contribution >= 4 is 11.9 Å². The summed E-state index contributed by atoms with van der Waals surface area (Å²) in [5.74, 6) is 0.0673. The van der Waals surface area contributed by atoms with Gasteiger partial charge in [-0.05, 0) is 18.6 Å². The summed E-state index contributed by atoms with van der Waals surface area (Å²) in [5.41, 5.74) is 1.13. The van der Waals surface area contributed by atoms with Crippen LogP contribution < -0.4 is 0 Å². The molecule has 0 aromatic heterocycles. The van der Waals surface area contributed by atoms with Crippen LogP contribution in [-0.4, -0.2) is 5.78 Å².